The third-order valence-corrected chi connectivity index (χ3v) is 4.93. The van der Waals surface area contributed by atoms with Gasteiger partial charge in [-0.2, -0.15) is 4.98 Å². The molecule has 1 N–H and O–H groups in total. The molecule has 1 heterocycles. The maximum absolute atomic E-state index is 13.3. The lowest BCUT2D eigenvalue weighted by molar-refractivity contribution is -0.386. The molecule has 0 aliphatic heterocycles. The van der Waals surface area contributed by atoms with E-state index in [4.69, 9.17) is 18.7 Å². The van der Waals surface area contributed by atoms with Crippen LogP contribution in [0.2, 0.25) is 0 Å². The number of nitrogens with one attached hydrogen (secondary N) is 1. The Kier molecular flexibility index (Phi) is 6.80. The Morgan fingerprint density at radius 1 is 1.15 bits per heavy atom. The van der Waals surface area contributed by atoms with E-state index in [1.54, 1.807) is 25.1 Å². The molecule has 0 bridgehead atoms. The molecule has 2 aromatic carbocycles. The molecule has 0 saturated carbocycles. The standard InChI is InChI=1S/C22H24N4O7/c1-11(2)20-24-22(33-25-20)13-9-7-8-12(3)16(13)23-21(27)14-10-15(30-4)18(31-5)19(32-6)17(14)26(28)29/h7-11H,1-6H3,(H,23,27). The van der Waals surface area contributed by atoms with Crippen LogP contribution >= 0.6 is 0 Å². The number of hydrogen-bond acceptors (Lipinski definition) is 9. The molecule has 0 spiro atoms. The predicted molar refractivity (Wildman–Crippen MR) is 119 cm³/mol. The van der Waals surface area contributed by atoms with Crippen molar-refractivity contribution in [1.82, 2.24) is 10.1 Å². The molecule has 0 atom stereocenters. The van der Waals surface area contributed by atoms with Crippen molar-refractivity contribution in [1.29, 1.82) is 0 Å². The van der Waals surface area contributed by atoms with Crippen LogP contribution in [0.4, 0.5) is 11.4 Å². The van der Waals surface area contributed by atoms with Gasteiger partial charge < -0.3 is 24.1 Å². The van der Waals surface area contributed by atoms with Gasteiger partial charge in [0.1, 0.15) is 5.56 Å². The topological polar surface area (TPSA) is 139 Å². The predicted octanol–water partition coefficient (Wildman–Crippen LogP) is 4.35. The van der Waals surface area contributed by atoms with Crippen molar-refractivity contribution >= 4 is 17.3 Å². The number of carbonyl (C=O) groups is 1. The van der Waals surface area contributed by atoms with Crippen LogP contribution < -0.4 is 19.5 Å². The highest BCUT2D eigenvalue weighted by molar-refractivity contribution is 6.10. The summed E-state index contributed by atoms with van der Waals surface area (Å²) in [5.41, 5.74) is 0.738. The van der Waals surface area contributed by atoms with Gasteiger partial charge in [0.05, 0.1) is 37.5 Å². The first-order chi connectivity index (χ1) is 15.7. The average Bonchev–Trinajstić information content (AvgIpc) is 3.29. The highest BCUT2D eigenvalue weighted by Gasteiger charge is 2.33. The molecule has 1 amide bonds. The summed E-state index contributed by atoms with van der Waals surface area (Å²) in [4.78, 5) is 28.8. The number of aromatic nitrogens is 2. The number of hydrogen-bond donors (Lipinski definition) is 1. The maximum Gasteiger partial charge on any atom is 0.327 e. The molecular formula is C22H24N4O7. The maximum atomic E-state index is 13.3. The highest BCUT2D eigenvalue weighted by atomic mass is 16.6. The third-order valence-electron chi connectivity index (χ3n) is 4.93. The number of anilines is 1. The van der Waals surface area contributed by atoms with E-state index in [0.717, 1.165) is 0 Å². The number of ether oxygens (including phenoxy) is 3. The second kappa shape index (κ2) is 9.55. The Balaban J connectivity index is 2.13. The normalized spacial score (nSPS) is 10.8. The molecule has 0 saturated heterocycles. The summed E-state index contributed by atoms with van der Waals surface area (Å²) in [5.74, 6) is -0.0792. The Labute approximate surface area is 189 Å². The summed E-state index contributed by atoms with van der Waals surface area (Å²) in [6.07, 6.45) is 0. The lowest BCUT2D eigenvalue weighted by Gasteiger charge is -2.16. The number of aryl methyl sites for hydroxylation is 1. The van der Waals surface area contributed by atoms with Gasteiger partial charge in [0.25, 0.3) is 11.8 Å². The van der Waals surface area contributed by atoms with Crippen LogP contribution in [0, 0.1) is 17.0 Å². The second-order valence-corrected chi connectivity index (χ2v) is 7.36. The molecule has 174 valence electrons. The molecular weight excluding hydrogens is 432 g/mol. The van der Waals surface area contributed by atoms with Gasteiger partial charge in [-0.15, -0.1) is 0 Å². The number of para-hydroxylation sites is 1. The van der Waals surface area contributed by atoms with E-state index in [1.165, 1.54) is 27.4 Å². The van der Waals surface area contributed by atoms with Gasteiger partial charge in [0.15, 0.2) is 11.6 Å². The molecule has 11 nitrogen and oxygen atoms in total. The number of benzene rings is 2. The van der Waals surface area contributed by atoms with E-state index >= 15 is 0 Å². The van der Waals surface area contributed by atoms with Crippen molar-refractivity contribution < 1.29 is 28.5 Å². The Bertz CT molecular complexity index is 1200. The number of nitrogens with zero attached hydrogens (tertiary/aromatic N) is 3. The van der Waals surface area contributed by atoms with Crippen molar-refractivity contribution in [3.05, 3.63) is 51.3 Å². The molecule has 11 heteroatoms. The molecule has 0 radical (unpaired) electrons. The fourth-order valence-corrected chi connectivity index (χ4v) is 3.27. The van der Waals surface area contributed by atoms with E-state index < -0.39 is 16.5 Å². The Hall–Kier alpha value is -4.15. The van der Waals surface area contributed by atoms with Gasteiger partial charge in [-0.05, 0) is 18.6 Å². The van der Waals surface area contributed by atoms with Gasteiger partial charge in [-0.3, -0.25) is 14.9 Å². The van der Waals surface area contributed by atoms with Gasteiger partial charge in [0, 0.05) is 12.0 Å². The number of amides is 1. The number of nitro benzene ring substituents is 1. The molecule has 0 fully saturated rings. The zero-order valence-corrected chi connectivity index (χ0v) is 19.1. The van der Waals surface area contributed by atoms with Crippen LogP contribution in [-0.2, 0) is 0 Å². The third kappa shape index (κ3) is 4.43. The quantitative estimate of drug-likeness (QED) is 0.387. The molecule has 0 aliphatic carbocycles. The first kappa shape index (κ1) is 23.5. The summed E-state index contributed by atoms with van der Waals surface area (Å²) in [6.45, 7) is 5.64. The van der Waals surface area contributed by atoms with Crippen LogP contribution in [0.1, 0.15) is 41.5 Å². The fourth-order valence-electron chi connectivity index (χ4n) is 3.27. The Morgan fingerprint density at radius 2 is 1.85 bits per heavy atom. The number of methoxy groups -OCH3 is 3. The SMILES string of the molecule is COc1cc(C(=O)Nc2c(C)cccc2-c2nc(C(C)C)no2)c([N+](=O)[O-])c(OC)c1OC. The average molecular weight is 456 g/mol. The highest BCUT2D eigenvalue weighted by Crippen LogP contribution is 2.46. The van der Waals surface area contributed by atoms with Crippen LogP contribution in [0.15, 0.2) is 28.8 Å². The van der Waals surface area contributed by atoms with Gasteiger partial charge in [-0.1, -0.05) is 31.1 Å². The van der Waals surface area contributed by atoms with Crippen molar-refractivity contribution in [2.45, 2.75) is 26.7 Å². The second-order valence-electron chi connectivity index (χ2n) is 7.36. The minimum atomic E-state index is -0.750. The zero-order valence-electron chi connectivity index (χ0n) is 19.1. The molecule has 3 rings (SSSR count). The summed E-state index contributed by atoms with van der Waals surface area (Å²) >= 11 is 0. The molecule has 0 unspecified atom stereocenters. The molecule has 0 aliphatic rings. The van der Waals surface area contributed by atoms with E-state index in [9.17, 15) is 14.9 Å². The van der Waals surface area contributed by atoms with E-state index in [2.05, 4.69) is 15.5 Å². The molecule has 33 heavy (non-hydrogen) atoms. The minimum absolute atomic E-state index is 0.00639. The molecule has 3 aromatic rings. The zero-order chi connectivity index (χ0) is 24.3. The lowest BCUT2D eigenvalue weighted by Crippen LogP contribution is -2.16. The van der Waals surface area contributed by atoms with Gasteiger partial charge in [-0.25, -0.2) is 0 Å². The van der Waals surface area contributed by atoms with E-state index in [0.29, 0.717) is 22.6 Å². The monoisotopic (exact) mass is 456 g/mol. The van der Waals surface area contributed by atoms with Crippen molar-refractivity contribution in [2.75, 3.05) is 26.6 Å². The lowest BCUT2D eigenvalue weighted by atomic mass is 10.1. The van der Waals surface area contributed by atoms with E-state index in [-0.39, 0.29) is 34.6 Å². The van der Waals surface area contributed by atoms with Crippen LogP contribution in [-0.4, -0.2) is 42.3 Å². The summed E-state index contributed by atoms with van der Waals surface area (Å²) in [5, 5.41) is 18.6. The van der Waals surface area contributed by atoms with Crippen molar-refractivity contribution in [2.24, 2.45) is 0 Å². The smallest absolute Gasteiger partial charge is 0.327 e. The molecule has 1 aromatic heterocycles. The van der Waals surface area contributed by atoms with E-state index in [1.807, 2.05) is 13.8 Å². The first-order valence-corrected chi connectivity index (χ1v) is 9.95. The first-order valence-electron chi connectivity index (χ1n) is 9.95. The largest absolute Gasteiger partial charge is 0.493 e. The number of rotatable bonds is 8. The van der Waals surface area contributed by atoms with Crippen molar-refractivity contribution in [3.8, 4) is 28.7 Å². The summed E-state index contributed by atoms with van der Waals surface area (Å²) in [7, 11) is 3.92. The van der Waals surface area contributed by atoms with Crippen molar-refractivity contribution in [3.63, 3.8) is 0 Å². The number of nitro groups is 1. The van der Waals surface area contributed by atoms with Crippen LogP contribution in [0.5, 0.6) is 17.2 Å². The minimum Gasteiger partial charge on any atom is -0.493 e. The Morgan fingerprint density at radius 3 is 2.39 bits per heavy atom. The fraction of sp³-hybridized carbons (Fsp3) is 0.318. The summed E-state index contributed by atoms with van der Waals surface area (Å²) < 4.78 is 21.0. The van der Waals surface area contributed by atoms with Crippen LogP contribution in [0.25, 0.3) is 11.5 Å². The summed E-state index contributed by atoms with van der Waals surface area (Å²) in [6, 6.07) is 6.50. The van der Waals surface area contributed by atoms with Gasteiger partial charge in [0.2, 0.25) is 11.5 Å². The number of carbonyl (C=O) groups excluding carboxylic acids is 1. The van der Waals surface area contributed by atoms with Crippen LogP contribution in [0.3, 0.4) is 0 Å². The van der Waals surface area contributed by atoms with Gasteiger partial charge >= 0.3 is 5.69 Å².